The highest BCUT2D eigenvalue weighted by atomic mass is 32.2. The molecule has 1 amide bonds. The van der Waals surface area contributed by atoms with Crippen molar-refractivity contribution in [3.05, 3.63) is 0 Å². The summed E-state index contributed by atoms with van der Waals surface area (Å²) < 4.78 is 0. The lowest BCUT2D eigenvalue weighted by atomic mass is 9.98. The molecule has 4 heteroatoms. The highest BCUT2D eigenvalue weighted by Crippen LogP contribution is 2.23. The molecule has 0 radical (unpaired) electrons. The quantitative estimate of drug-likeness (QED) is 0.822. The van der Waals surface area contributed by atoms with E-state index in [0.29, 0.717) is 17.8 Å². The summed E-state index contributed by atoms with van der Waals surface area (Å²) in [4.78, 5) is 14.2. The zero-order chi connectivity index (χ0) is 12.8. The Bertz CT molecular complexity index is 238. The van der Waals surface area contributed by atoms with Crippen LogP contribution in [0.15, 0.2) is 0 Å². The zero-order valence-electron chi connectivity index (χ0n) is 11.3. The van der Waals surface area contributed by atoms with Crippen molar-refractivity contribution in [1.82, 2.24) is 4.90 Å². The zero-order valence-corrected chi connectivity index (χ0v) is 12.1. The fourth-order valence-corrected chi connectivity index (χ4v) is 3.38. The molecule has 1 saturated heterocycles. The standard InChI is InChI=1S/C13H26N2OS/c1-4-12(14)8-17-9-13(16)15-10(2)6-5-7-11(15)3/h10-12H,4-9,14H2,1-3H3. The van der Waals surface area contributed by atoms with E-state index >= 15 is 0 Å². The first-order valence-electron chi connectivity index (χ1n) is 6.70. The van der Waals surface area contributed by atoms with E-state index in [9.17, 15) is 4.79 Å². The van der Waals surface area contributed by atoms with E-state index < -0.39 is 0 Å². The maximum absolute atomic E-state index is 12.2. The molecule has 0 aromatic carbocycles. The first kappa shape index (κ1) is 14.8. The molecule has 1 fully saturated rings. The van der Waals surface area contributed by atoms with Crippen molar-refractivity contribution >= 4 is 17.7 Å². The first-order valence-corrected chi connectivity index (χ1v) is 7.86. The Labute approximate surface area is 109 Å². The molecule has 3 nitrogen and oxygen atoms in total. The fraction of sp³-hybridized carbons (Fsp3) is 0.923. The molecule has 1 aliphatic rings. The van der Waals surface area contributed by atoms with Gasteiger partial charge in [-0.1, -0.05) is 6.92 Å². The topological polar surface area (TPSA) is 46.3 Å². The predicted molar refractivity (Wildman–Crippen MR) is 75.2 cm³/mol. The number of piperidine rings is 1. The maximum atomic E-state index is 12.2. The average Bonchev–Trinajstić information content (AvgIpc) is 2.28. The van der Waals surface area contributed by atoms with Gasteiger partial charge in [0.05, 0.1) is 5.75 Å². The van der Waals surface area contributed by atoms with Gasteiger partial charge in [-0.2, -0.15) is 11.8 Å². The molecule has 2 N–H and O–H groups in total. The van der Waals surface area contributed by atoms with Crippen LogP contribution in [0.3, 0.4) is 0 Å². The van der Waals surface area contributed by atoms with Crippen molar-refractivity contribution in [2.75, 3.05) is 11.5 Å². The van der Waals surface area contributed by atoms with E-state index in [0.717, 1.165) is 25.0 Å². The molecule has 17 heavy (non-hydrogen) atoms. The van der Waals surface area contributed by atoms with Gasteiger partial charge in [0, 0.05) is 23.9 Å². The summed E-state index contributed by atoms with van der Waals surface area (Å²) in [5.41, 5.74) is 5.85. The second kappa shape index (κ2) is 7.27. The number of amides is 1. The van der Waals surface area contributed by atoms with Crippen LogP contribution < -0.4 is 5.73 Å². The van der Waals surface area contributed by atoms with E-state index in [1.807, 2.05) is 0 Å². The number of hydrogen-bond donors (Lipinski definition) is 1. The van der Waals surface area contributed by atoms with Crippen LogP contribution in [0, 0.1) is 0 Å². The van der Waals surface area contributed by atoms with Crippen LogP contribution in [0.4, 0.5) is 0 Å². The second-order valence-electron chi connectivity index (χ2n) is 5.11. The third-order valence-electron chi connectivity index (χ3n) is 3.56. The van der Waals surface area contributed by atoms with Crippen LogP contribution in [-0.4, -0.2) is 40.4 Å². The lowest BCUT2D eigenvalue weighted by Crippen LogP contribution is -2.48. The van der Waals surface area contributed by atoms with E-state index in [-0.39, 0.29) is 11.9 Å². The first-order chi connectivity index (χ1) is 8.06. The number of nitrogens with two attached hydrogens (primary N) is 1. The molecule has 1 aliphatic heterocycles. The molecule has 0 aliphatic carbocycles. The number of carbonyl (C=O) groups is 1. The fourth-order valence-electron chi connectivity index (χ4n) is 2.40. The monoisotopic (exact) mass is 258 g/mol. The summed E-state index contributed by atoms with van der Waals surface area (Å²) in [5.74, 6) is 1.76. The van der Waals surface area contributed by atoms with Gasteiger partial charge < -0.3 is 10.6 Å². The Kier molecular flexibility index (Phi) is 6.34. The smallest absolute Gasteiger partial charge is 0.233 e. The van der Waals surface area contributed by atoms with Crippen molar-refractivity contribution < 1.29 is 4.79 Å². The van der Waals surface area contributed by atoms with Crippen molar-refractivity contribution in [2.24, 2.45) is 5.73 Å². The van der Waals surface area contributed by atoms with Gasteiger partial charge >= 0.3 is 0 Å². The number of hydrogen-bond acceptors (Lipinski definition) is 3. The average molecular weight is 258 g/mol. The molecule has 1 heterocycles. The van der Waals surface area contributed by atoms with Gasteiger partial charge in [0.15, 0.2) is 0 Å². The van der Waals surface area contributed by atoms with E-state index in [1.54, 1.807) is 11.8 Å². The molecular weight excluding hydrogens is 232 g/mol. The largest absolute Gasteiger partial charge is 0.337 e. The Hall–Kier alpha value is -0.220. The van der Waals surface area contributed by atoms with Crippen LogP contribution in [0.1, 0.15) is 46.5 Å². The van der Waals surface area contributed by atoms with Crippen LogP contribution in [0.5, 0.6) is 0 Å². The Morgan fingerprint density at radius 1 is 1.41 bits per heavy atom. The number of thioether (sulfide) groups is 1. The molecular formula is C13H26N2OS. The van der Waals surface area contributed by atoms with Crippen LogP contribution >= 0.6 is 11.8 Å². The van der Waals surface area contributed by atoms with Gasteiger partial charge in [-0.3, -0.25) is 4.79 Å². The van der Waals surface area contributed by atoms with Crippen LogP contribution in [0.25, 0.3) is 0 Å². The summed E-state index contributed by atoms with van der Waals surface area (Å²) in [6, 6.07) is 1.04. The Morgan fingerprint density at radius 2 is 2.00 bits per heavy atom. The summed E-state index contributed by atoms with van der Waals surface area (Å²) in [6.45, 7) is 6.41. The molecule has 0 spiro atoms. The van der Waals surface area contributed by atoms with Crippen molar-refractivity contribution in [3.8, 4) is 0 Å². The van der Waals surface area contributed by atoms with Gasteiger partial charge in [-0.15, -0.1) is 0 Å². The number of carbonyl (C=O) groups excluding carboxylic acids is 1. The lowest BCUT2D eigenvalue weighted by molar-refractivity contribution is -0.134. The predicted octanol–water partition coefficient (Wildman–Crippen LogP) is 2.25. The minimum absolute atomic E-state index is 0.226. The summed E-state index contributed by atoms with van der Waals surface area (Å²) in [5, 5.41) is 0. The molecule has 0 aromatic rings. The summed E-state index contributed by atoms with van der Waals surface area (Å²) >= 11 is 1.68. The highest BCUT2D eigenvalue weighted by Gasteiger charge is 2.28. The van der Waals surface area contributed by atoms with Crippen LogP contribution in [-0.2, 0) is 4.79 Å². The van der Waals surface area contributed by atoms with Gasteiger partial charge in [0.2, 0.25) is 5.91 Å². The maximum Gasteiger partial charge on any atom is 0.233 e. The van der Waals surface area contributed by atoms with Gasteiger partial charge in [0.25, 0.3) is 0 Å². The minimum atomic E-state index is 0.226. The Morgan fingerprint density at radius 3 is 2.53 bits per heavy atom. The molecule has 0 saturated carbocycles. The summed E-state index contributed by atoms with van der Waals surface area (Å²) in [7, 11) is 0. The van der Waals surface area contributed by atoms with Crippen molar-refractivity contribution in [2.45, 2.75) is 64.6 Å². The highest BCUT2D eigenvalue weighted by molar-refractivity contribution is 7.99. The SMILES string of the molecule is CCC(N)CSCC(=O)N1C(C)CCCC1C. The number of rotatable bonds is 5. The van der Waals surface area contributed by atoms with Crippen molar-refractivity contribution in [3.63, 3.8) is 0 Å². The lowest BCUT2D eigenvalue weighted by Gasteiger charge is -2.39. The Balaban J connectivity index is 2.35. The minimum Gasteiger partial charge on any atom is -0.337 e. The molecule has 3 atom stereocenters. The van der Waals surface area contributed by atoms with Gasteiger partial charge in [-0.25, -0.2) is 0 Å². The third kappa shape index (κ3) is 4.51. The number of likely N-dealkylation sites (tertiary alicyclic amines) is 1. The molecule has 0 bridgehead atoms. The molecule has 0 aromatic heterocycles. The number of nitrogens with zero attached hydrogens (tertiary/aromatic N) is 1. The molecule has 3 unspecified atom stereocenters. The van der Waals surface area contributed by atoms with E-state index in [4.69, 9.17) is 5.73 Å². The summed E-state index contributed by atoms with van der Waals surface area (Å²) in [6.07, 6.45) is 4.53. The normalized spacial score (nSPS) is 26.9. The second-order valence-corrected chi connectivity index (χ2v) is 6.14. The van der Waals surface area contributed by atoms with Gasteiger partial charge in [-0.05, 0) is 39.5 Å². The molecule has 100 valence electrons. The van der Waals surface area contributed by atoms with Crippen LogP contribution in [0.2, 0.25) is 0 Å². The molecule has 1 rings (SSSR count). The van der Waals surface area contributed by atoms with Gasteiger partial charge in [0.1, 0.15) is 0 Å². The van der Waals surface area contributed by atoms with E-state index in [2.05, 4.69) is 25.7 Å². The van der Waals surface area contributed by atoms with E-state index in [1.165, 1.54) is 6.42 Å². The third-order valence-corrected chi connectivity index (χ3v) is 4.68. The van der Waals surface area contributed by atoms with Crippen molar-refractivity contribution in [1.29, 1.82) is 0 Å².